The van der Waals surface area contributed by atoms with Crippen LogP contribution in [0.15, 0.2) is 0 Å². The molecule has 2 fully saturated rings. The van der Waals surface area contributed by atoms with Crippen LogP contribution >= 0.6 is 0 Å². The summed E-state index contributed by atoms with van der Waals surface area (Å²) in [7, 11) is -6.28. The highest BCUT2D eigenvalue weighted by Crippen LogP contribution is 2.21. The molecule has 2 rings (SSSR count). The van der Waals surface area contributed by atoms with Crippen LogP contribution in [0.3, 0.4) is 0 Å². The van der Waals surface area contributed by atoms with Crippen LogP contribution in [-0.4, -0.2) is 86.6 Å². The normalized spacial score (nSPS) is 27.8. The van der Waals surface area contributed by atoms with E-state index in [1.807, 2.05) is 0 Å². The predicted molar refractivity (Wildman–Crippen MR) is 88.9 cm³/mol. The first-order valence-corrected chi connectivity index (χ1v) is 11.7. The second-order valence-corrected chi connectivity index (χ2v) is 10.9. The van der Waals surface area contributed by atoms with E-state index in [0.29, 0.717) is 19.4 Å². The van der Waals surface area contributed by atoms with Gasteiger partial charge in [0.15, 0.2) is 19.7 Å². The number of hydrogen-bond acceptors (Lipinski definition) is 6. The number of nitrogens with zero attached hydrogens (tertiary/aromatic N) is 2. The largest absolute Gasteiger partial charge is 0.337 e. The summed E-state index contributed by atoms with van der Waals surface area (Å²) in [6.45, 7) is 3.23. The SMILES string of the molecule is CCN(C(=O)CN(C(C)=O)C1CCS(=O)(=O)C1)C1CCS(=O)(=O)C1. The molecule has 0 aliphatic carbocycles. The minimum atomic E-state index is -3.16. The third-order valence-electron chi connectivity index (χ3n) is 4.67. The third-order valence-corrected chi connectivity index (χ3v) is 8.17. The van der Waals surface area contributed by atoms with Gasteiger partial charge in [0.1, 0.15) is 6.54 Å². The zero-order chi connectivity index (χ0) is 18.1. The molecule has 10 heteroatoms. The lowest BCUT2D eigenvalue weighted by atomic mass is 10.2. The predicted octanol–water partition coefficient (Wildman–Crippen LogP) is -0.942. The van der Waals surface area contributed by atoms with Crippen LogP contribution in [0.1, 0.15) is 26.7 Å². The molecule has 0 spiro atoms. The number of likely N-dealkylation sites (N-methyl/N-ethyl adjacent to an activating group) is 1. The fraction of sp³-hybridized carbons (Fsp3) is 0.857. The highest BCUT2D eigenvalue weighted by atomic mass is 32.2. The van der Waals surface area contributed by atoms with Crippen LogP contribution < -0.4 is 0 Å². The number of hydrogen-bond donors (Lipinski definition) is 0. The van der Waals surface area contributed by atoms with Gasteiger partial charge < -0.3 is 9.80 Å². The summed E-state index contributed by atoms with van der Waals surface area (Å²) in [5, 5.41) is 0. The monoisotopic (exact) mass is 380 g/mol. The molecule has 0 aromatic heterocycles. The van der Waals surface area contributed by atoms with Crippen molar-refractivity contribution in [2.45, 2.75) is 38.8 Å². The van der Waals surface area contributed by atoms with Crippen molar-refractivity contribution >= 4 is 31.5 Å². The number of amides is 2. The first-order valence-electron chi connectivity index (χ1n) is 8.02. The van der Waals surface area contributed by atoms with E-state index in [0.717, 1.165) is 0 Å². The molecule has 0 aromatic rings. The quantitative estimate of drug-likeness (QED) is 0.609. The summed E-state index contributed by atoms with van der Waals surface area (Å²) < 4.78 is 46.5. The van der Waals surface area contributed by atoms with Gasteiger partial charge in [-0.15, -0.1) is 0 Å². The average molecular weight is 380 g/mol. The van der Waals surface area contributed by atoms with Crippen molar-refractivity contribution < 1.29 is 26.4 Å². The van der Waals surface area contributed by atoms with Crippen molar-refractivity contribution in [3.8, 4) is 0 Å². The summed E-state index contributed by atoms with van der Waals surface area (Å²) in [4.78, 5) is 27.3. The summed E-state index contributed by atoms with van der Waals surface area (Å²) in [6.07, 6.45) is 0.735. The fourth-order valence-electron chi connectivity index (χ4n) is 3.41. The molecule has 2 atom stereocenters. The molecule has 0 aromatic carbocycles. The lowest BCUT2D eigenvalue weighted by molar-refractivity contribution is -0.142. The lowest BCUT2D eigenvalue weighted by Crippen LogP contribution is -2.50. The maximum Gasteiger partial charge on any atom is 0.242 e. The molecule has 2 heterocycles. The Bertz CT molecular complexity index is 716. The first-order chi connectivity index (χ1) is 11.0. The van der Waals surface area contributed by atoms with Crippen molar-refractivity contribution in [2.24, 2.45) is 0 Å². The second kappa shape index (κ2) is 6.99. The molecule has 138 valence electrons. The van der Waals surface area contributed by atoms with Gasteiger partial charge in [-0.3, -0.25) is 9.59 Å². The van der Waals surface area contributed by atoms with E-state index in [1.165, 1.54) is 16.7 Å². The Morgan fingerprint density at radius 1 is 0.917 bits per heavy atom. The van der Waals surface area contributed by atoms with Crippen LogP contribution in [0, 0.1) is 0 Å². The Morgan fingerprint density at radius 2 is 1.38 bits per heavy atom. The van der Waals surface area contributed by atoms with Crippen molar-refractivity contribution in [2.75, 3.05) is 36.1 Å². The molecular formula is C14H24N2O6S2. The number of carbonyl (C=O) groups is 2. The minimum absolute atomic E-state index is 0.0218. The van der Waals surface area contributed by atoms with E-state index in [-0.39, 0.29) is 47.4 Å². The van der Waals surface area contributed by atoms with Crippen LogP contribution in [0.25, 0.3) is 0 Å². The Balaban J connectivity index is 2.08. The molecule has 0 radical (unpaired) electrons. The zero-order valence-electron chi connectivity index (χ0n) is 14.0. The van der Waals surface area contributed by atoms with E-state index in [9.17, 15) is 26.4 Å². The molecule has 8 nitrogen and oxygen atoms in total. The smallest absolute Gasteiger partial charge is 0.242 e. The molecule has 24 heavy (non-hydrogen) atoms. The summed E-state index contributed by atoms with van der Waals surface area (Å²) in [5.74, 6) is -0.763. The fourth-order valence-corrected chi connectivity index (χ4v) is 6.88. The summed E-state index contributed by atoms with van der Waals surface area (Å²) >= 11 is 0. The topological polar surface area (TPSA) is 109 Å². The highest BCUT2D eigenvalue weighted by molar-refractivity contribution is 7.91. The standard InChI is InChI=1S/C14H24N2O6S2/c1-3-15(12-4-6-23(19,20)9-12)14(18)8-16(11(2)17)13-5-7-24(21,22)10-13/h12-13H,3-10H2,1-2H3. The lowest BCUT2D eigenvalue weighted by Gasteiger charge is -2.32. The van der Waals surface area contributed by atoms with Gasteiger partial charge in [0.05, 0.1) is 23.0 Å². The zero-order valence-corrected chi connectivity index (χ0v) is 15.6. The molecule has 0 bridgehead atoms. The first kappa shape index (κ1) is 19.2. The molecular weight excluding hydrogens is 356 g/mol. The molecule has 0 N–H and O–H groups in total. The molecule has 2 aliphatic rings. The van der Waals surface area contributed by atoms with Crippen molar-refractivity contribution in [1.29, 1.82) is 0 Å². The minimum Gasteiger partial charge on any atom is -0.337 e. The third kappa shape index (κ3) is 4.47. The average Bonchev–Trinajstić information content (AvgIpc) is 2.99. The molecule has 2 amide bonds. The Labute approximate surface area is 143 Å². The van der Waals surface area contributed by atoms with Gasteiger partial charge in [-0.2, -0.15) is 0 Å². The van der Waals surface area contributed by atoms with Gasteiger partial charge in [0, 0.05) is 25.6 Å². The van der Waals surface area contributed by atoms with E-state index < -0.39 is 25.7 Å². The van der Waals surface area contributed by atoms with Crippen LogP contribution in [-0.2, 0) is 29.3 Å². The highest BCUT2D eigenvalue weighted by Gasteiger charge is 2.37. The van der Waals surface area contributed by atoms with Gasteiger partial charge in [0.25, 0.3) is 0 Å². The summed E-state index contributed by atoms with van der Waals surface area (Å²) in [6, 6.07) is -0.851. The maximum absolute atomic E-state index is 12.6. The number of sulfone groups is 2. The van der Waals surface area contributed by atoms with Crippen LogP contribution in [0.5, 0.6) is 0 Å². The van der Waals surface area contributed by atoms with Gasteiger partial charge in [-0.05, 0) is 19.8 Å². The second-order valence-electron chi connectivity index (χ2n) is 6.44. The van der Waals surface area contributed by atoms with E-state index in [2.05, 4.69) is 0 Å². The van der Waals surface area contributed by atoms with Gasteiger partial charge in [-0.25, -0.2) is 16.8 Å². The van der Waals surface area contributed by atoms with Crippen molar-refractivity contribution in [1.82, 2.24) is 9.80 Å². The van der Waals surface area contributed by atoms with Crippen LogP contribution in [0.4, 0.5) is 0 Å². The Morgan fingerprint density at radius 3 is 1.71 bits per heavy atom. The van der Waals surface area contributed by atoms with E-state index in [4.69, 9.17) is 0 Å². The molecule has 2 unspecified atom stereocenters. The van der Waals surface area contributed by atoms with Crippen LogP contribution in [0.2, 0.25) is 0 Å². The number of rotatable bonds is 5. The summed E-state index contributed by atoms with van der Waals surface area (Å²) in [5.41, 5.74) is 0. The molecule has 0 saturated carbocycles. The van der Waals surface area contributed by atoms with Gasteiger partial charge in [0.2, 0.25) is 11.8 Å². The van der Waals surface area contributed by atoms with E-state index in [1.54, 1.807) is 6.92 Å². The van der Waals surface area contributed by atoms with Gasteiger partial charge >= 0.3 is 0 Å². The Kier molecular flexibility index (Phi) is 5.58. The van der Waals surface area contributed by atoms with E-state index >= 15 is 0 Å². The Hall–Kier alpha value is -1.16. The molecule has 2 saturated heterocycles. The number of carbonyl (C=O) groups excluding carboxylic acids is 2. The van der Waals surface area contributed by atoms with Gasteiger partial charge in [-0.1, -0.05) is 0 Å². The maximum atomic E-state index is 12.6. The van der Waals surface area contributed by atoms with Crippen molar-refractivity contribution in [3.63, 3.8) is 0 Å². The van der Waals surface area contributed by atoms with Crippen molar-refractivity contribution in [3.05, 3.63) is 0 Å². The molecule has 2 aliphatic heterocycles.